The zero-order chi connectivity index (χ0) is 26.2. The highest BCUT2D eigenvalue weighted by atomic mass is 32.2. The third-order valence-electron chi connectivity index (χ3n) is 6.42. The van der Waals surface area contributed by atoms with Crippen LogP contribution in [-0.4, -0.2) is 21.8 Å². The van der Waals surface area contributed by atoms with Gasteiger partial charge in [0, 0.05) is 11.5 Å². The quantitative estimate of drug-likeness (QED) is 0.287. The summed E-state index contributed by atoms with van der Waals surface area (Å²) >= 11 is 2.82. The normalized spacial score (nSPS) is 18.2. The number of nitrogens with two attached hydrogens (primary N) is 1. The van der Waals surface area contributed by atoms with E-state index < -0.39 is 16.5 Å². The van der Waals surface area contributed by atoms with Crippen molar-refractivity contribution in [1.29, 1.82) is 0 Å². The summed E-state index contributed by atoms with van der Waals surface area (Å²) in [5, 5.41) is 17.2. The van der Waals surface area contributed by atoms with Gasteiger partial charge < -0.3 is 5.73 Å². The minimum absolute atomic E-state index is 0.113. The van der Waals surface area contributed by atoms with Crippen LogP contribution in [0.4, 0.5) is 13.9 Å². The Hall–Kier alpha value is -3.14. The monoisotopic (exact) mass is 535 g/mol. The van der Waals surface area contributed by atoms with E-state index in [0.29, 0.717) is 23.1 Å². The molecular weight excluding hydrogens is 508 g/mol. The first-order chi connectivity index (χ1) is 17.8. The molecule has 0 radical (unpaired) electrons. The van der Waals surface area contributed by atoms with Crippen molar-refractivity contribution in [1.82, 2.24) is 10.2 Å². The topological polar surface area (TPSA) is 67.4 Å². The molecule has 5 rings (SSSR count). The summed E-state index contributed by atoms with van der Waals surface area (Å²) in [5.74, 6) is -1.22. The predicted octanol–water partition coefficient (Wildman–Crippen LogP) is 6.64. The molecule has 0 saturated heterocycles. The summed E-state index contributed by atoms with van der Waals surface area (Å²) in [4.78, 5) is -0.876. The van der Waals surface area contributed by atoms with Crippen molar-refractivity contribution in [2.45, 2.75) is 38.0 Å². The molecule has 2 atom stereocenters. The van der Waals surface area contributed by atoms with Crippen LogP contribution in [0.3, 0.4) is 0 Å². The fraction of sp³-hybridized carbons (Fsp3) is 0.250. The van der Waals surface area contributed by atoms with E-state index in [-0.39, 0.29) is 11.5 Å². The summed E-state index contributed by atoms with van der Waals surface area (Å²) in [6.07, 6.45) is 0.632. The first-order valence-electron chi connectivity index (χ1n) is 12.0. The van der Waals surface area contributed by atoms with E-state index in [1.165, 1.54) is 29.2 Å². The fourth-order valence-electron chi connectivity index (χ4n) is 4.81. The molecule has 190 valence electrons. The molecule has 1 aliphatic heterocycles. The maximum atomic E-state index is 15.1. The highest BCUT2D eigenvalue weighted by Gasteiger charge is 2.53. The zero-order valence-corrected chi connectivity index (χ0v) is 22.4. The van der Waals surface area contributed by atoms with Crippen molar-refractivity contribution in [3.63, 3.8) is 0 Å². The molecule has 9 heteroatoms. The number of rotatable bonds is 7. The van der Waals surface area contributed by atoms with Gasteiger partial charge in [-0.15, -0.1) is 10.2 Å². The molecule has 0 amide bonds. The number of hydrogen-bond donors (Lipinski definition) is 1. The van der Waals surface area contributed by atoms with Gasteiger partial charge in [0.2, 0.25) is 5.13 Å². The van der Waals surface area contributed by atoms with E-state index in [1.54, 1.807) is 0 Å². The summed E-state index contributed by atoms with van der Waals surface area (Å²) in [5.41, 5.74) is 10.6. The molecule has 0 aliphatic carbocycles. The minimum atomic E-state index is -0.876. The van der Waals surface area contributed by atoms with Crippen LogP contribution in [0.25, 0.3) is 0 Å². The van der Waals surface area contributed by atoms with E-state index in [4.69, 9.17) is 10.8 Å². The third-order valence-corrected chi connectivity index (χ3v) is 8.73. The summed E-state index contributed by atoms with van der Waals surface area (Å²) in [7, 11) is 0. The van der Waals surface area contributed by atoms with Crippen LogP contribution in [0, 0.1) is 32.4 Å². The second kappa shape index (κ2) is 10.3. The lowest BCUT2D eigenvalue weighted by Crippen LogP contribution is -2.44. The number of thioether (sulfide) groups is 1. The van der Waals surface area contributed by atoms with Crippen molar-refractivity contribution in [2.24, 2.45) is 10.8 Å². The largest absolute Gasteiger partial charge is 0.330 e. The van der Waals surface area contributed by atoms with Gasteiger partial charge in [0.1, 0.15) is 26.6 Å². The van der Waals surface area contributed by atoms with Crippen LogP contribution in [-0.2, 0) is 4.87 Å². The van der Waals surface area contributed by atoms with Crippen LogP contribution < -0.4 is 10.7 Å². The lowest BCUT2D eigenvalue weighted by atomic mass is 9.82. The number of aromatic nitrogens is 2. The standard InChI is InChI=1S/C28H27F2N5S2/c1-17-6-4-8-20(14-17)24(12-13-31)28(21-9-5-7-18(2)15-21)35(27-33-32-19(3)36-27)34-26(37-28)23-16-22(29)10-11-25(23)30/h4-11,14-16,24H,12-13,31H2,1-3H3. The molecule has 0 bridgehead atoms. The molecule has 5 nitrogen and oxygen atoms in total. The van der Waals surface area contributed by atoms with Crippen molar-refractivity contribution in [3.05, 3.63) is 111 Å². The van der Waals surface area contributed by atoms with E-state index in [1.807, 2.05) is 37.1 Å². The Bertz CT molecular complexity index is 1470. The van der Waals surface area contributed by atoms with Crippen LogP contribution >= 0.6 is 23.1 Å². The van der Waals surface area contributed by atoms with Gasteiger partial charge in [-0.1, -0.05) is 82.8 Å². The number of hydrazone groups is 1. The maximum absolute atomic E-state index is 15.1. The summed E-state index contributed by atoms with van der Waals surface area (Å²) < 4.78 is 29.4. The number of halogens is 2. The summed E-state index contributed by atoms with van der Waals surface area (Å²) in [6.45, 7) is 6.40. The third kappa shape index (κ3) is 4.79. The molecule has 1 aromatic heterocycles. The smallest absolute Gasteiger partial charge is 0.230 e. The molecule has 4 aromatic rings. The van der Waals surface area contributed by atoms with E-state index in [0.717, 1.165) is 39.4 Å². The number of benzene rings is 3. The van der Waals surface area contributed by atoms with Gasteiger partial charge >= 0.3 is 0 Å². The molecule has 37 heavy (non-hydrogen) atoms. The zero-order valence-electron chi connectivity index (χ0n) is 20.8. The molecule has 2 N–H and O–H groups in total. The van der Waals surface area contributed by atoms with E-state index in [2.05, 4.69) is 47.5 Å². The van der Waals surface area contributed by atoms with E-state index in [9.17, 15) is 4.39 Å². The lowest BCUT2D eigenvalue weighted by Gasteiger charge is -2.42. The number of nitrogens with zero attached hydrogens (tertiary/aromatic N) is 4. The van der Waals surface area contributed by atoms with Crippen molar-refractivity contribution in [3.8, 4) is 0 Å². The first-order valence-corrected chi connectivity index (χ1v) is 13.6. The van der Waals surface area contributed by atoms with Crippen molar-refractivity contribution >= 4 is 33.3 Å². The fourth-order valence-corrected chi connectivity index (χ4v) is 7.11. The van der Waals surface area contributed by atoms with Crippen molar-refractivity contribution in [2.75, 3.05) is 11.6 Å². The van der Waals surface area contributed by atoms with Gasteiger partial charge in [0.25, 0.3) is 0 Å². The molecule has 0 spiro atoms. The van der Waals surface area contributed by atoms with Gasteiger partial charge in [0.05, 0.1) is 0 Å². The molecule has 2 heterocycles. The van der Waals surface area contributed by atoms with E-state index >= 15 is 4.39 Å². The average molecular weight is 536 g/mol. The van der Waals surface area contributed by atoms with Crippen LogP contribution in [0.5, 0.6) is 0 Å². The molecule has 3 aromatic carbocycles. The number of aryl methyl sites for hydroxylation is 3. The Morgan fingerprint density at radius 3 is 2.38 bits per heavy atom. The Balaban J connectivity index is 1.81. The predicted molar refractivity (Wildman–Crippen MR) is 148 cm³/mol. The molecule has 0 saturated carbocycles. The van der Waals surface area contributed by atoms with Gasteiger partial charge in [0.15, 0.2) is 0 Å². The Morgan fingerprint density at radius 1 is 0.946 bits per heavy atom. The Kier molecular flexibility index (Phi) is 7.11. The highest BCUT2D eigenvalue weighted by Crippen LogP contribution is 2.58. The second-order valence-corrected chi connectivity index (χ2v) is 11.5. The highest BCUT2D eigenvalue weighted by molar-refractivity contribution is 8.15. The SMILES string of the molecule is Cc1cccc(C(CCN)C2(c3cccc(C)c3)SC(c3cc(F)ccc3F)=NN2c2nnc(C)s2)c1. The minimum Gasteiger partial charge on any atom is -0.330 e. The number of hydrogen-bond acceptors (Lipinski definition) is 7. The van der Waals surface area contributed by atoms with Gasteiger partial charge in [-0.3, -0.25) is 0 Å². The average Bonchev–Trinajstić information content (AvgIpc) is 3.48. The van der Waals surface area contributed by atoms with Gasteiger partial charge in [-0.05, 0) is 63.1 Å². The second-order valence-electron chi connectivity index (χ2n) is 9.16. The lowest BCUT2D eigenvalue weighted by molar-refractivity contribution is 0.451. The summed E-state index contributed by atoms with van der Waals surface area (Å²) in [6, 6.07) is 20.0. The van der Waals surface area contributed by atoms with Gasteiger partial charge in [-0.2, -0.15) is 5.10 Å². The van der Waals surface area contributed by atoms with Crippen molar-refractivity contribution < 1.29 is 8.78 Å². The molecule has 1 aliphatic rings. The van der Waals surface area contributed by atoms with Gasteiger partial charge in [-0.25, -0.2) is 13.8 Å². The molecular formula is C28H27F2N5S2. The number of anilines is 1. The Labute approximate surface area is 223 Å². The molecule has 2 unspecified atom stereocenters. The Morgan fingerprint density at radius 2 is 1.70 bits per heavy atom. The molecule has 0 fully saturated rings. The van der Waals surface area contributed by atoms with Crippen LogP contribution in [0.15, 0.2) is 71.8 Å². The first kappa shape index (κ1) is 25.5. The van der Waals surface area contributed by atoms with Crippen LogP contribution in [0.1, 0.15) is 45.2 Å². The van der Waals surface area contributed by atoms with Crippen LogP contribution in [0.2, 0.25) is 0 Å². The maximum Gasteiger partial charge on any atom is 0.230 e.